The zero-order valence-corrected chi connectivity index (χ0v) is 16.2. The maximum Gasteiger partial charge on any atom is 0.318 e. The molecule has 0 aliphatic carbocycles. The number of halogens is 3. The van der Waals surface area contributed by atoms with Gasteiger partial charge in [-0.3, -0.25) is 4.79 Å². The standard InChI is InChI=1S/C19H20F3N3O5/c1-9(10-4-3-5-11(15(10)20)16(21)22)23-17-14(18-29-6-7-30-18)12(8-13(26)27)24-19(25-17)28-2/h3-5,9,16,18H,6-8H2,1-2H3,(H,26,27)(H,23,24,25)/t9-/m1/s1. The summed E-state index contributed by atoms with van der Waals surface area (Å²) in [5, 5.41) is 12.2. The molecule has 0 amide bonds. The van der Waals surface area contributed by atoms with Crippen molar-refractivity contribution in [2.24, 2.45) is 0 Å². The minimum absolute atomic E-state index is 0.00984. The highest BCUT2D eigenvalue weighted by Gasteiger charge is 2.30. The monoisotopic (exact) mass is 427 g/mol. The van der Waals surface area contributed by atoms with Gasteiger partial charge >= 0.3 is 12.0 Å². The number of nitrogens with zero attached hydrogens (tertiary/aromatic N) is 2. The fourth-order valence-electron chi connectivity index (χ4n) is 3.10. The fraction of sp³-hybridized carbons (Fsp3) is 0.421. The van der Waals surface area contributed by atoms with Gasteiger partial charge in [-0.25, -0.2) is 13.2 Å². The SMILES string of the molecule is COc1nc(CC(=O)O)c(C2OCCO2)c(N[C@H](C)c2cccc(C(F)F)c2F)n1. The van der Waals surface area contributed by atoms with Gasteiger partial charge in [0.25, 0.3) is 6.43 Å². The van der Waals surface area contributed by atoms with E-state index in [0.29, 0.717) is 0 Å². The van der Waals surface area contributed by atoms with E-state index in [-0.39, 0.29) is 41.9 Å². The molecule has 1 atom stereocenters. The molecule has 1 aliphatic heterocycles. The highest BCUT2D eigenvalue weighted by molar-refractivity contribution is 5.71. The highest BCUT2D eigenvalue weighted by Crippen LogP contribution is 2.35. The molecule has 8 nitrogen and oxygen atoms in total. The average Bonchev–Trinajstić information content (AvgIpc) is 3.21. The van der Waals surface area contributed by atoms with Gasteiger partial charge in [-0.15, -0.1) is 0 Å². The van der Waals surface area contributed by atoms with Crippen LogP contribution < -0.4 is 10.1 Å². The van der Waals surface area contributed by atoms with Crippen LogP contribution in [-0.4, -0.2) is 41.4 Å². The molecule has 0 bridgehead atoms. The minimum Gasteiger partial charge on any atom is -0.481 e. The first kappa shape index (κ1) is 21.8. The Kier molecular flexibility index (Phi) is 6.73. The summed E-state index contributed by atoms with van der Waals surface area (Å²) in [6, 6.07) is 2.79. The van der Waals surface area contributed by atoms with Crippen LogP contribution >= 0.6 is 0 Å². The number of nitrogens with one attached hydrogen (secondary N) is 1. The summed E-state index contributed by atoms with van der Waals surface area (Å²) >= 11 is 0. The lowest BCUT2D eigenvalue weighted by Crippen LogP contribution is -2.18. The number of methoxy groups -OCH3 is 1. The largest absolute Gasteiger partial charge is 0.481 e. The van der Waals surface area contributed by atoms with Crippen molar-refractivity contribution in [3.05, 3.63) is 46.4 Å². The number of rotatable bonds is 8. The van der Waals surface area contributed by atoms with E-state index in [0.717, 1.165) is 6.07 Å². The quantitative estimate of drug-likeness (QED) is 0.661. The van der Waals surface area contributed by atoms with Gasteiger partial charge in [-0.05, 0) is 6.92 Å². The Morgan fingerprint density at radius 1 is 1.30 bits per heavy atom. The van der Waals surface area contributed by atoms with E-state index in [4.69, 9.17) is 14.2 Å². The van der Waals surface area contributed by atoms with Gasteiger partial charge in [0.2, 0.25) is 0 Å². The molecule has 1 aromatic heterocycles. The molecule has 0 unspecified atom stereocenters. The zero-order valence-electron chi connectivity index (χ0n) is 16.2. The lowest BCUT2D eigenvalue weighted by molar-refractivity contribution is -0.136. The lowest BCUT2D eigenvalue weighted by atomic mass is 10.0. The van der Waals surface area contributed by atoms with E-state index in [1.807, 2.05) is 0 Å². The zero-order chi connectivity index (χ0) is 21.8. The van der Waals surface area contributed by atoms with Gasteiger partial charge in [-0.1, -0.05) is 18.2 Å². The molecular weight excluding hydrogens is 407 g/mol. The highest BCUT2D eigenvalue weighted by atomic mass is 19.3. The summed E-state index contributed by atoms with van der Waals surface area (Å²) in [4.78, 5) is 19.6. The summed E-state index contributed by atoms with van der Waals surface area (Å²) in [6.45, 7) is 2.12. The maximum absolute atomic E-state index is 14.6. The predicted molar refractivity (Wildman–Crippen MR) is 98.0 cm³/mol. The summed E-state index contributed by atoms with van der Waals surface area (Å²) in [7, 11) is 1.31. The number of carboxylic acids is 1. The summed E-state index contributed by atoms with van der Waals surface area (Å²) in [6.07, 6.45) is -4.36. The Hall–Kier alpha value is -2.92. The van der Waals surface area contributed by atoms with E-state index in [9.17, 15) is 23.1 Å². The van der Waals surface area contributed by atoms with E-state index < -0.39 is 42.5 Å². The van der Waals surface area contributed by atoms with Crippen LogP contribution in [0.15, 0.2) is 18.2 Å². The first-order chi connectivity index (χ1) is 14.3. The van der Waals surface area contributed by atoms with Gasteiger partial charge in [0.15, 0.2) is 6.29 Å². The molecule has 0 saturated carbocycles. The third-order valence-corrected chi connectivity index (χ3v) is 4.48. The smallest absolute Gasteiger partial charge is 0.318 e. The molecule has 30 heavy (non-hydrogen) atoms. The number of carboxylic acid groups (broad SMARTS) is 1. The molecule has 3 rings (SSSR count). The van der Waals surface area contributed by atoms with Crippen LogP contribution in [0.3, 0.4) is 0 Å². The van der Waals surface area contributed by atoms with Crippen LogP contribution in [0.25, 0.3) is 0 Å². The molecule has 1 saturated heterocycles. The van der Waals surface area contributed by atoms with E-state index in [1.54, 1.807) is 6.92 Å². The number of hydrogen-bond donors (Lipinski definition) is 2. The fourth-order valence-corrected chi connectivity index (χ4v) is 3.10. The summed E-state index contributed by atoms with van der Waals surface area (Å²) in [5.74, 6) is -2.08. The number of aromatic nitrogens is 2. The van der Waals surface area contributed by atoms with E-state index in [2.05, 4.69) is 15.3 Å². The Balaban J connectivity index is 2.04. The Morgan fingerprint density at radius 2 is 1.97 bits per heavy atom. The van der Waals surface area contributed by atoms with Crippen LogP contribution in [-0.2, 0) is 20.7 Å². The van der Waals surface area contributed by atoms with Gasteiger partial charge in [0, 0.05) is 5.56 Å². The van der Waals surface area contributed by atoms with Crippen LogP contribution in [0, 0.1) is 5.82 Å². The van der Waals surface area contributed by atoms with E-state index >= 15 is 0 Å². The van der Waals surface area contributed by atoms with Crippen molar-refractivity contribution in [2.75, 3.05) is 25.6 Å². The predicted octanol–water partition coefficient (Wildman–Crippen LogP) is 3.41. The third kappa shape index (κ3) is 4.62. The van der Waals surface area contributed by atoms with Crippen molar-refractivity contribution in [1.82, 2.24) is 9.97 Å². The third-order valence-electron chi connectivity index (χ3n) is 4.48. The van der Waals surface area contributed by atoms with Gasteiger partial charge in [0.05, 0.1) is 49.6 Å². The first-order valence-electron chi connectivity index (χ1n) is 9.04. The van der Waals surface area contributed by atoms with Crippen LogP contribution in [0.4, 0.5) is 19.0 Å². The molecule has 0 spiro atoms. The Labute approximate surface area is 170 Å². The normalized spacial score (nSPS) is 15.4. The number of ether oxygens (including phenoxy) is 3. The number of alkyl halides is 2. The molecular formula is C19H20F3N3O5. The number of hydrogen-bond acceptors (Lipinski definition) is 7. The molecule has 11 heteroatoms. The van der Waals surface area contributed by atoms with Crippen molar-refractivity contribution in [3.63, 3.8) is 0 Å². The second kappa shape index (κ2) is 9.26. The number of benzene rings is 1. The molecule has 1 aromatic carbocycles. The molecule has 2 aromatic rings. The van der Waals surface area contributed by atoms with Crippen LogP contribution in [0.5, 0.6) is 6.01 Å². The van der Waals surface area contributed by atoms with Crippen molar-refractivity contribution < 1.29 is 37.3 Å². The maximum atomic E-state index is 14.6. The number of carbonyl (C=O) groups is 1. The van der Waals surface area contributed by atoms with Gasteiger partial charge in [-0.2, -0.15) is 9.97 Å². The second-order valence-electron chi connectivity index (χ2n) is 6.48. The number of anilines is 1. The Morgan fingerprint density at radius 3 is 2.57 bits per heavy atom. The molecule has 1 aliphatic rings. The summed E-state index contributed by atoms with van der Waals surface area (Å²) < 4.78 is 56.7. The molecule has 2 N–H and O–H groups in total. The van der Waals surface area contributed by atoms with Crippen molar-refractivity contribution in [1.29, 1.82) is 0 Å². The van der Waals surface area contributed by atoms with Crippen LogP contribution in [0.2, 0.25) is 0 Å². The molecule has 2 heterocycles. The minimum atomic E-state index is -2.96. The second-order valence-corrected chi connectivity index (χ2v) is 6.48. The van der Waals surface area contributed by atoms with Crippen molar-refractivity contribution >= 4 is 11.8 Å². The first-order valence-corrected chi connectivity index (χ1v) is 9.04. The lowest BCUT2D eigenvalue weighted by Gasteiger charge is -2.22. The number of aliphatic carboxylic acids is 1. The summed E-state index contributed by atoms with van der Waals surface area (Å²) in [5.41, 5.74) is -0.397. The van der Waals surface area contributed by atoms with Crippen LogP contribution in [0.1, 0.15) is 48.1 Å². The van der Waals surface area contributed by atoms with Gasteiger partial charge in [0.1, 0.15) is 11.6 Å². The van der Waals surface area contributed by atoms with Crippen molar-refractivity contribution in [3.8, 4) is 6.01 Å². The average molecular weight is 427 g/mol. The topological polar surface area (TPSA) is 103 Å². The van der Waals surface area contributed by atoms with Gasteiger partial charge < -0.3 is 24.6 Å². The molecule has 162 valence electrons. The van der Waals surface area contributed by atoms with Crippen molar-refractivity contribution in [2.45, 2.75) is 32.1 Å². The van der Waals surface area contributed by atoms with E-state index in [1.165, 1.54) is 19.2 Å². The molecule has 0 radical (unpaired) electrons. The Bertz CT molecular complexity index is 923. The molecule has 1 fully saturated rings.